The topological polar surface area (TPSA) is 178 Å². The van der Waals surface area contributed by atoms with Crippen LogP contribution in [0.15, 0.2) is 16.8 Å². The normalized spacial score (nSPS) is 54.4. The molecule has 0 spiro atoms. The molecule has 0 unspecified atom stereocenters. The summed E-state index contributed by atoms with van der Waals surface area (Å²) in [5.74, 6) is -0.514. The van der Waals surface area contributed by atoms with Gasteiger partial charge in [-0.25, -0.2) is 4.79 Å². The number of hydrogen-bond donors (Lipinski definition) is 6. The van der Waals surface area contributed by atoms with Crippen LogP contribution in [0.2, 0.25) is 0 Å². The van der Waals surface area contributed by atoms with Crippen molar-refractivity contribution in [1.29, 1.82) is 0 Å². The first kappa shape index (κ1) is 28.5. The molecule has 0 bridgehead atoms. The number of cyclic esters (lactones) is 1. The fourth-order valence-corrected chi connectivity index (χ4v) is 9.88. The minimum absolute atomic E-state index is 0.0514. The maximum absolute atomic E-state index is 12.4. The van der Waals surface area contributed by atoms with Gasteiger partial charge in [0.05, 0.1) is 29.6 Å². The minimum Gasteiger partial charge on any atom is -0.458 e. The second kappa shape index (κ2) is 9.72. The van der Waals surface area contributed by atoms with Crippen LogP contribution in [0, 0.1) is 28.6 Å². The number of fused-ring (bicyclic) bond motifs is 5. The summed E-state index contributed by atoms with van der Waals surface area (Å²) in [6.45, 7) is 4.00. The van der Waals surface area contributed by atoms with Crippen molar-refractivity contribution in [3.63, 3.8) is 0 Å². The molecule has 1 saturated heterocycles. The van der Waals surface area contributed by atoms with Gasteiger partial charge in [-0.05, 0) is 81.6 Å². The summed E-state index contributed by atoms with van der Waals surface area (Å²) in [7, 11) is 0. The third-order valence-electron chi connectivity index (χ3n) is 12.0. The number of carbonyl (C=O) groups is 1. The third-order valence-corrected chi connectivity index (χ3v) is 12.0. The van der Waals surface area contributed by atoms with E-state index in [1.807, 2.05) is 0 Å². The molecule has 0 aromatic heterocycles. The van der Waals surface area contributed by atoms with Crippen molar-refractivity contribution in [2.45, 2.75) is 120 Å². The Labute approximate surface area is 233 Å². The van der Waals surface area contributed by atoms with Gasteiger partial charge in [-0.1, -0.05) is 6.92 Å². The standard InChI is InChI=1S/C29H43NO10/c1-15-22(32)23(33)24(34)25(39-15)40-17-3-8-27(14-30-37)19-4-7-26(2)18(16-11-21(31)38-13-16)6-10-29(26,36)20(19)5-9-28(27,35)12-17/h11,14-15,17-20,22-25,32-37H,3-10,12-13H2,1-2H3/b30-14-/t15-,17+,18-,19-,20+,22-,23-,24-,25+,26+,27-,28-,29-/m0/s1. The predicted molar refractivity (Wildman–Crippen MR) is 139 cm³/mol. The Kier molecular flexibility index (Phi) is 6.93. The van der Waals surface area contributed by atoms with E-state index in [2.05, 4.69) is 12.1 Å². The Morgan fingerprint density at radius 1 is 1.00 bits per heavy atom. The zero-order chi connectivity index (χ0) is 28.7. The lowest BCUT2D eigenvalue weighted by Gasteiger charge is -2.65. The first-order valence-electron chi connectivity index (χ1n) is 14.7. The summed E-state index contributed by atoms with van der Waals surface area (Å²) in [5.41, 5.74) is -2.62. The summed E-state index contributed by atoms with van der Waals surface area (Å²) in [4.78, 5) is 11.8. The predicted octanol–water partition coefficient (Wildman–Crippen LogP) is 1.01. The van der Waals surface area contributed by atoms with Crippen molar-refractivity contribution < 1.29 is 49.7 Å². The fourth-order valence-electron chi connectivity index (χ4n) is 9.88. The van der Waals surface area contributed by atoms with Crippen molar-refractivity contribution in [3.05, 3.63) is 11.6 Å². The third kappa shape index (κ3) is 3.88. The van der Waals surface area contributed by atoms with Gasteiger partial charge in [-0.2, -0.15) is 0 Å². The van der Waals surface area contributed by atoms with Gasteiger partial charge in [0.25, 0.3) is 0 Å². The molecule has 6 N–H and O–H groups in total. The monoisotopic (exact) mass is 565 g/mol. The van der Waals surface area contributed by atoms with E-state index in [0.29, 0.717) is 38.5 Å². The zero-order valence-corrected chi connectivity index (χ0v) is 23.2. The lowest BCUT2D eigenvalue weighted by Crippen LogP contribution is -2.69. The fraction of sp³-hybridized carbons (Fsp3) is 0.862. The van der Waals surface area contributed by atoms with E-state index in [1.54, 1.807) is 13.0 Å². The number of hydrogen-bond acceptors (Lipinski definition) is 11. The van der Waals surface area contributed by atoms with Crippen LogP contribution < -0.4 is 0 Å². The highest BCUT2D eigenvalue weighted by Gasteiger charge is 2.71. The van der Waals surface area contributed by atoms with Crippen LogP contribution in [0.4, 0.5) is 0 Å². The van der Waals surface area contributed by atoms with Crippen LogP contribution in [0.1, 0.15) is 71.6 Å². The number of ether oxygens (including phenoxy) is 3. The molecule has 2 aliphatic heterocycles. The summed E-state index contributed by atoms with van der Waals surface area (Å²) in [5, 5.41) is 68.7. The number of nitrogens with zero attached hydrogens (tertiary/aromatic N) is 1. The molecule has 0 amide bonds. The molecule has 11 heteroatoms. The Balaban J connectivity index is 1.24. The Morgan fingerprint density at radius 3 is 2.45 bits per heavy atom. The van der Waals surface area contributed by atoms with Crippen LogP contribution in [-0.4, -0.2) is 97.5 Å². The molecule has 2 heterocycles. The molecule has 5 fully saturated rings. The zero-order valence-electron chi connectivity index (χ0n) is 23.2. The Hall–Kier alpha value is -1.60. The van der Waals surface area contributed by atoms with Crippen molar-refractivity contribution in [2.75, 3.05) is 6.61 Å². The SMILES string of the molecule is C[C@@H]1O[C@H](O[C@@H]2CC[C@]3(/C=N\O)[C@H]4CC[C@]5(C)[C@H](C6=CC(=O)OC6)CC[C@]5(O)[C@@H]4CC[C@]3(O)C2)[C@@H](O)[C@@H](O)[C@H]1O. The van der Waals surface area contributed by atoms with Crippen molar-refractivity contribution in [2.24, 2.45) is 33.7 Å². The molecule has 0 aromatic rings. The van der Waals surface area contributed by atoms with Gasteiger partial charge in [-0.15, -0.1) is 5.16 Å². The molecular weight excluding hydrogens is 522 g/mol. The molecule has 224 valence electrons. The van der Waals surface area contributed by atoms with Gasteiger partial charge in [0.1, 0.15) is 24.9 Å². The lowest BCUT2D eigenvalue weighted by atomic mass is 9.41. The lowest BCUT2D eigenvalue weighted by molar-refractivity contribution is -0.316. The van der Waals surface area contributed by atoms with Gasteiger partial charge >= 0.3 is 5.97 Å². The van der Waals surface area contributed by atoms with Gasteiger partial charge in [0.2, 0.25) is 0 Å². The van der Waals surface area contributed by atoms with Gasteiger partial charge in [0, 0.05) is 23.3 Å². The molecule has 0 radical (unpaired) electrons. The largest absolute Gasteiger partial charge is 0.458 e. The Morgan fingerprint density at radius 2 is 1.75 bits per heavy atom. The van der Waals surface area contributed by atoms with Crippen molar-refractivity contribution >= 4 is 12.2 Å². The van der Waals surface area contributed by atoms with E-state index in [0.717, 1.165) is 18.4 Å². The van der Waals surface area contributed by atoms with Crippen LogP contribution in [-0.2, 0) is 19.0 Å². The molecule has 40 heavy (non-hydrogen) atoms. The highest BCUT2D eigenvalue weighted by atomic mass is 16.7. The summed E-state index contributed by atoms with van der Waals surface area (Å²) < 4.78 is 16.9. The molecular formula is C29H43NO10. The summed E-state index contributed by atoms with van der Waals surface area (Å²) in [6.07, 6.45) is 1.55. The number of carbonyl (C=O) groups excluding carboxylic acids is 1. The number of esters is 1. The molecule has 13 atom stereocenters. The minimum atomic E-state index is -1.43. The van der Waals surface area contributed by atoms with E-state index in [4.69, 9.17) is 14.2 Å². The number of rotatable bonds is 4. The number of aliphatic hydroxyl groups excluding tert-OH is 3. The van der Waals surface area contributed by atoms with Crippen LogP contribution in [0.3, 0.4) is 0 Å². The highest BCUT2D eigenvalue weighted by Crippen LogP contribution is 2.70. The molecule has 11 nitrogen and oxygen atoms in total. The molecule has 6 rings (SSSR count). The van der Waals surface area contributed by atoms with Gasteiger partial charge in [-0.3, -0.25) is 0 Å². The molecule has 6 aliphatic rings. The maximum atomic E-state index is 12.4. The average Bonchev–Trinajstić information content (AvgIpc) is 3.46. The Bertz CT molecular complexity index is 1080. The van der Waals surface area contributed by atoms with E-state index in [9.17, 15) is 35.5 Å². The van der Waals surface area contributed by atoms with Crippen molar-refractivity contribution in [3.8, 4) is 0 Å². The number of oxime groups is 1. The van der Waals surface area contributed by atoms with E-state index in [1.165, 1.54) is 6.21 Å². The van der Waals surface area contributed by atoms with E-state index < -0.39 is 58.8 Å². The molecule has 0 aromatic carbocycles. The summed E-state index contributed by atoms with van der Waals surface area (Å²) >= 11 is 0. The average molecular weight is 566 g/mol. The van der Waals surface area contributed by atoms with Gasteiger partial charge < -0.3 is 45.0 Å². The smallest absolute Gasteiger partial charge is 0.331 e. The van der Waals surface area contributed by atoms with E-state index >= 15 is 0 Å². The van der Waals surface area contributed by atoms with Crippen molar-refractivity contribution in [1.82, 2.24) is 0 Å². The highest BCUT2D eigenvalue weighted by molar-refractivity contribution is 5.85. The van der Waals surface area contributed by atoms with Crippen LogP contribution in [0.5, 0.6) is 0 Å². The van der Waals surface area contributed by atoms with Crippen LogP contribution >= 0.6 is 0 Å². The van der Waals surface area contributed by atoms with Gasteiger partial charge in [0.15, 0.2) is 6.29 Å². The first-order valence-corrected chi connectivity index (χ1v) is 14.7. The quantitative estimate of drug-likeness (QED) is 0.0947. The number of aliphatic hydroxyl groups is 5. The first-order chi connectivity index (χ1) is 18.9. The van der Waals surface area contributed by atoms with Crippen LogP contribution in [0.25, 0.3) is 0 Å². The second-order valence-electron chi connectivity index (χ2n) is 13.5. The molecule has 4 saturated carbocycles. The maximum Gasteiger partial charge on any atom is 0.331 e. The van der Waals surface area contributed by atoms with E-state index in [-0.39, 0.29) is 36.8 Å². The second-order valence-corrected chi connectivity index (χ2v) is 13.5. The molecule has 4 aliphatic carbocycles. The summed E-state index contributed by atoms with van der Waals surface area (Å²) in [6, 6.07) is 0.